The number of aliphatic hydroxyl groups excluding tert-OH is 2. The van der Waals surface area contributed by atoms with Crippen LogP contribution in [-0.2, 0) is 12.4 Å². The van der Waals surface area contributed by atoms with Gasteiger partial charge in [-0.3, -0.25) is 0 Å². The second kappa shape index (κ2) is 7.81. The molecule has 2 N–H and O–H groups in total. The zero-order valence-corrected chi connectivity index (χ0v) is 15.3. The van der Waals surface area contributed by atoms with Crippen LogP contribution in [0.1, 0.15) is 44.2 Å². The highest BCUT2D eigenvalue weighted by Gasteiger charge is 2.31. The van der Waals surface area contributed by atoms with Gasteiger partial charge in [-0.05, 0) is 47.5 Å². The van der Waals surface area contributed by atoms with Gasteiger partial charge < -0.3 is 10.2 Å². The highest BCUT2D eigenvalue weighted by molar-refractivity contribution is 7.12. The van der Waals surface area contributed by atoms with Crippen molar-refractivity contribution in [3.63, 3.8) is 0 Å². The van der Waals surface area contributed by atoms with Crippen LogP contribution in [-0.4, -0.2) is 10.2 Å². The highest BCUT2D eigenvalue weighted by atomic mass is 32.1. The second-order valence-corrected chi connectivity index (χ2v) is 7.43. The SMILES string of the molecule is O[C@@H](c1ccc(C(F)(F)F)cc1)c1ccc([C@@H](O)c2ccc(C(F)(F)F)cc2)s1. The number of rotatable bonds is 4. The molecule has 0 spiro atoms. The van der Waals surface area contributed by atoms with E-state index in [0.717, 1.165) is 35.6 Å². The van der Waals surface area contributed by atoms with E-state index in [0.29, 0.717) is 9.75 Å². The Bertz CT molecular complexity index is 880. The molecule has 9 heteroatoms. The van der Waals surface area contributed by atoms with E-state index in [-0.39, 0.29) is 11.1 Å². The van der Waals surface area contributed by atoms with Crippen LogP contribution in [0.4, 0.5) is 26.3 Å². The first-order chi connectivity index (χ1) is 13.5. The predicted octanol–water partition coefficient (Wildman–Crippen LogP) is 5.95. The maximum atomic E-state index is 12.6. The average molecular weight is 432 g/mol. The molecule has 0 aliphatic carbocycles. The highest BCUT2D eigenvalue weighted by Crippen LogP contribution is 2.36. The van der Waals surface area contributed by atoms with Gasteiger partial charge >= 0.3 is 12.4 Å². The van der Waals surface area contributed by atoms with E-state index in [2.05, 4.69) is 0 Å². The lowest BCUT2D eigenvalue weighted by Crippen LogP contribution is -2.05. The predicted molar refractivity (Wildman–Crippen MR) is 95.3 cm³/mol. The molecule has 1 aromatic heterocycles. The van der Waals surface area contributed by atoms with Crippen LogP contribution in [0, 0.1) is 0 Å². The van der Waals surface area contributed by atoms with Gasteiger partial charge in [-0.15, -0.1) is 11.3 Å². The molecule has 2 nitrogen and oxygen atoms in total. The van der Waals surface area contributed by atoms with Crippen LogP contribution >= 0.6 is 11.3 Å². The van der Waals surface area contributed by atoms with Crippen molar-refractivity contribution in [2.75, 3.05) is 0 Å². The lowest BCUT2D eigenvalue weighted by molar-refractivity contribution is -0.138. The molecular formula is C20H14F6O2S. The average Bonchev–Trinajstić information content (AvgIpc) is 3.16. The lowest BCUT2D eigenvalue weighted by Gasteiger charge is -2.13. The Kier molecular flexibility index (Phi) is 5.75. The van der Waals surface area contributed by atoms with Gasteiger partial charge in [0.05, 0.1) is 11.1 Å². The van der Waals surface area contributed by atoms with Gasteiger partial charge in [0, 0.05) is 9.75 Å². The van der Waals surface area contributed by atoms with Crippen molar-refractivity contribution in [3.8, 4) is 0 Å². The minimum absolute atomic E-state index is 0.246. The van der Waals surface area contributed by atoms with E-state index in [9.17, 15) is 36.6 Å². The number of hydrogen-bond acceptors (Lipinski definition) is 3. The van der Waals surface area contributed by atoms with E-state index < -0.39 is 35.7 Å². The van der Waals surface area contributed by atoms with Crippen molar-refractivity contribution < 1.29 is 36.6 Å². The smallest absolute Gasteiger partial charge is 0.383 e. The Hall–Kier alpha value is -2.36. The molecule has 0 fully saturated rings. The summed E-state index contributed by atoms with van der Waals surface area (Å²) in [6.45, 7) is 0. The van der Waals surface area contributed by atoms with Crippen molar-refractivity contribution in [2.45, 2.75) is 24.6 Å². The van der Waals surface area contributed by atoms with Gasteiger partial charge in [0.15, 0.2) is 0 Å². The Labute approximate surface area is 165 Å². The normalized spacial score (nSPS) is 14.6. The van der Waals surface area contributed by atoms with Crippen molar-refractivity contribution in [3.05, 3.63) is 92.7 Å². The maximum absolute atomic E-state index is 12.6. The molecule has 3 aromatic rings. The molecule has 0 saturated heterocycles. The minimum atomic E-state index is -4.48. The molecule has 3 rings (SSSR count). The Morgan fingerprint density at radius 3 is 1.14 bits per heavy atom. The van der Waals surface area contributed by atoms with Crippen molar-refractivity contribution in [1.29, 1.82) is 0 Å². The second-order valence-electron chi connectivity index (χ2n) is 6.28. The van der Waals surface area contributed by atoms with Gasteiger partial charge in [-0.2, -0.15) is 26.3 Å². The topological polar surface area (TPSA) is 40.5 Å². The summed E-state index contributed by atoms with van der Waals surface area (Å²) in [7, 11) is 0. The van der Waals surface area contributed by atoms with E-state index >= 15 is 0 Å². The number of thiophene rings is 1. The van der Waals surface area contributed by atoms with E-state index in [1.807, 2.05) is 0 Å². The Morgan fingerprint density at radius 1 is 0.552 bits per heavy atom. The molecule has 29 heavy (non-hydrogen) atoms. The number of aliphatic hydroxyl groups is 2. The third-order valence-corrected chi connectivity index (χ3v) is 5.48. The van der Waals surface area contributed by atoms with E-state index in [4.69, 9.17) is 0 Å². The molecule has 1 heterocycles. The summed E-state index contributed by atoms with van der Waals surface area (Å²) in [5.41, 5.74) is -1.18. The van der Waals surface area contributed by atoms with Crippen LogP contribution in [0.25, 0.3) is 0 Å². The molecule has 154 valence electrons. The fourth-order valence-corrected chi connectivity index (χ4v) is 3.74. The number of halogens is 6. The zero-order chi connectivity index (χ0) is 21.4. The number of benzene rings is 2. The Balaban J connectivity index is 1.77. The fraction of sp³-hybridized carbons (Fsp3) is 0.200. The molecule has 0 saturated carbocycles. The third kappa shape index (κ3) is 4.80. The van der Waals surface area contributed by atoms with Gasteiger partial charge in [-0.1, -0.05) is 24.3 Å². The van der Waals surface area contributed by atoms with E-state index in [1.165, 1.54) is 36.4 Å². The van der Waals surface area contributed by atoms with Crippen LogP contribution in [0.15, 0.2) is 60.7 Å². The first-order valence-electron chi connectivity index (χ1n) is 8.27. The third-order valence-electron chi connectivity index (χ3n) is 4.29. The number of alkyl halides is 6. The van der Waals surface area contributed by atoms with Crippen molar-refractivity contribution in [1.82, 2.24) is 0 Å². The van der Waals surface area contributed by atoms with Crippen LogP contribution in [0.3, 0.4) is 0 Å². The molecule has 0 unspecified atom stereocenters. The summed E-state index contributed by atoms with van der Waals surface area (Å²) < 4.78 is 75.8. The molecule has 2 atom stereocenters. The summed E-state index contributed by atoms with van der Waals surface area (Å²) in [5.74, 6) is 0. The fourth-order valence-electron chi connectivity index (χ4n) is 2.70. The summed E-state index contributed by atoms with van der Waals surface area (Å²) in [5, 5.41) is 20.8. The largest absolute Gasteiger partial charge is 0.416 e. The molecule has 0 radical (unpaired) electrons. The molecule has 0 amide bonds. The summed E-state index contributed by atoms with van der Waals surface area (Å²) in [6.07, 6.45) is -11.4. The summed E-state index contributed by atoms with van der Waals surface area (Å²) in [4.78, 5) is 0.761. The lowest BCUT2D eigenvalue weighted by atomic mass is 10.0. The monoisotopic (exact) mass is 432 g/mol. The van der Waals surface area contributed by atoms with E-state index in [1.54, 1.807) is 0 Å². The molecule has 0 bridgehead atoms. The minimum Gasteiger partial charge on any atom is -0.383 e. The van der Waals surface area contributed by atoms with Crippen LogP contribution < -0.4 is 0 Å². The first-order valence-corrected chi connectivity index (χ1v) is 9.08. The first kappa shape index (κ1) is 21.4. The van der Waals surface area contributed by atoms with Gasteiger partial charge in [0.1, 0.15) is 12.2 Å². The summed E-state index contributed by atoms with van der Waals surface area (Å²) in [6, 6.07) is 11.1. The van der Waals surface area contributed by atoms with Crippen molar-refractivity contribution >= 4 is 11.3 Å². The van der Waals surface area contributed by atoms with Gasteiger partial charge in [0.25, 0.3) is 0 Å². The molecule has 0 aliphatic heterocycles. The van der Waals surface area contributed by atoms with Crippen LogP contribution in [0.2, 0.25) is 0 Å². The van der Waals surface area contributed by atoms with Gasteiger partial charge in [-0.25, -0.2) is 0 Å². The maximum Gasteiger partial charge on any atom is 0.416 e. The Morgan fingerprint density at radius 2 is 0.862 bits per heavy atom. The quantitative estimate of drug-likeness (QED) is 0.501. The van der Waals surface area contributed by atoms with Crippen LogP contribution in [0.5, 0.6) is 0 Å². The molecule has 2 aromatic carbocycles. The molecular weight excluding hydrogens is 418 g/mol. The number of hydrogen-bond donors (Lipinski definition) is 2. The van der Waals surface area contributed by atoms with Gasteiger partial charge in [0.2, 0.25) is 0 Å². The van der Waals surface area contributed by atoms with Crippen molar-refractivity contribution in [2.24, 2.45) is 0 Å². The standard InChI is InChI=1S/C20H14F6O2S/c21-19(22,23)13-5-1-11(2-6-13)17(27)15-9-10-16(29-15)18(28)12-3-7-14(8-4-12)20(24,25)26/h1-10,17-18,27-28H/t17-,18-/m0/s1. The zero-order valence-electron chi connectivity index (χ0n) is 14.5. The summed E-state index contributed by atoms with van der Waals surface area (Å²) >= 11 is 1.01. The molecule has 0 aliphatic rings.